The van der Waals surface area contributed by atoms with Gasteiger partial charge in [-0.05, 0) is 32.9 Å². The van der Waals surface area contributed by atoms with E-state index >= 15 is 0 Å². The molecule has 3 amide bonds. The third kappa shape index (κ3) is 6.32. The van der Waals surface area contributed by atoms with Gasteiger partial charge in [0, 0.05) is 12.1 Å². The number of para-hydroxylation sites is 2. The van der Waals surface area contributed by atoms with Crippen LogP contribution in [0.5, 0.6) is 0 Å². The van der Waals surface area contributed by atoms with E-state index in [1.54, 1.807) is 38.1 Å². The first-order valence-electron chi connectivity index (χ1n) is 7.04. The summed E-state index contributed by atoms with van der Waals surface area (Å²) in [5.74, 6) is -0.494. The number of amides is 3. The molecule has 0 aliphatic carbocycles. The molecule has 0 spiro atoms. The lowest BCUT2D eigenvalue weighted by Gasteiger charge is -2.18. The molecule has 0 fully saturated rings. The van der Waals surface area contributed by atoms with E-state index in [9.17, 15) is 9.59 Å². The molecular weight excluding hydrogens is 304 g/mol. The van der Waals surface area contributed by atoms with Crippen LogP contribution in [0.2, 0.25) is 0 Å². The van der Waals surface area contributed by atoms with Crippen molar-refractivity contribution in [2.45, 2.75) is 39.8 Å². The number of halogens is 1. The van der Waals surface area contributed by atoms with Gasteiger partial charge in [0.25, 0.3) is 0 Å². The van der Waals surface area contributed by atoms with Crippen LogP contribution in [-0.4, -0.2) is 24.0 Å². The van der Waals surface area contributed by atoms with Gasteiger partial charge in [-0.15, -0.1) is 12.4 Å². The van der Waals surface area contributed by atoms with Gasteiger partial charge in [0.05, 0.1) is 17.3 Å². The molecular formula is C15H25ClN4O2. The van der Waals surface area contributed by atoms with Gasteiger partial charge >= 0.3 is 6.03 Å². The van der Waals surface area contributed by atoms with Gasteiger partial charge in [-0.3, -0.25) is 4.79 Å². The Bertz CT molecular complexity index is 506. The summed E-state index contributed by atoms with van der Waals surface area (Å²) in [6.07, 6.45) is 0. The van der Waals surface area contributed by atoms with Crippen LogP contribution < -0.4 is 21.7 Å². The van der Waals surface area contributed by atoms with Crippen LogP contribution in [-0.2, 0) is 4.79 Å². The molecule has 0 aliphatic heterocycles. The zero-order chi connectivity index (χ0) is 16.0. The molecule has 0 aliphatic rings. The van der Waals surface area contributed by atoms with E-state index in [1.165, 1.54) is 0 Å². The van der Waals surface area contributed by atoms with Gasteiger partial charge in [0.1, 0.15) is 0 Å². The molecule has 0 heterocycles. The van der Waals surface area contributed by atoms with Crippen molar-refractivity contribution in [3.8, 4) is 0 Å². The summed E-state index contributed by atoms with van der Waals surface area (Å²) in [6.45, 7) is 7.29. The van der Waals surface area contributed by atoms with Crippen molar-refractivity contribution in [3.05, 3.63) is 24.3 Å². The van der Waals surface area contributed by atoms with Crippen LogP contribution in [0.3, 0.4) is 0 Å². The summed E-state index contributed by atoms with van der Waals surface area (Å²) in [5.41, 5.74) is 6.82. The predicted molar refractivity (Wildman–Crippen MR) is 92.4 cm³/mol. The normalized spacial score (nSPS) is 12.8. The largest absolute Gasteiger partial charge is 0.336 e. The first-order valence-corrected chi connectivity index (χ1v) is 7.04. The summed E-state index contributed by atoms with van der Waals surface area (Å²) < 4.78 is 0. The molecule has 2 unspecified atom stereocenters. The Balaban J connectivity index is 0.00000441. The molecule has 6 nitrogen and oxygen atoms in total. The number of benzene rings is 1. The maximum Gasteiger partial charge on any atom is 0.319 e. The highest BCUT2D eigenvalue weighted by molar-refractivity contribution is 5.99. The SMILES string of the molecule is CC(C)NC(=O)Nc1ccccc1NC(=O)C(C)C(C)N.Cl. The van der Waals surface area contributed by atoms with Crippen molar-refractivity contribution < 1.29 is 9.59 Å². The summed E-state index contributed by atoms with van der Waals surface area (Å²) in [6, 6.07) is 6.52. The summed E-state index contributed by atoms with van der Waals surface area (Å²) in [4.78, 5) is 23.8. The number of urea groups is 1. The van der Waals surface area contributed by atoms with E-state index in [0.29, 0.717) is 11.4 Å². The lowest BCUT2D eigenvalue weighted by atomic mass is 10.0. The average molecular weight is 329 g/mol. The van der Waals surface area contributed by atoms with Crippen LogP contribution >= 0.6 is 12.4 Å². The monoisotopic (exact) mass is 328 g/mol. The molecule has 1 rings (SSSR count). The molecule has 5 N–H and O–H groups in total. The number of nitrogens with two attached hydrogens (primary N) is 1. The van der Waals surface area contributed by atoms with Gasteiger partial charge in [0.15, 0.2) is 0 Å². The molecule has 7 heteroatoms. The average Bonchev–Trinajstić information content (AvgIpc) is 2.38. The highest BCUT2D eigenvalue weighted by Gasteiger charge is 2.18. The summed E-state index contributed by atoms with van der Waals surface area (Å²) in [5, 5.41) is 8.24. The molecule has 0 radical (unpaired) electrons. The van der Waals surface area contributed by atoms with Crippen LogP contribution in [0.15, 0.2) is 24.3 Å². The fraction of sp³-hybridized carbons (Fsp3) is 0.467. The number of hydrogen-bond donors (Lipinski definition) is 4. The van der Waals surface area contributed by atoms with Crippen molar-refractivity contribution in [1.82, 2.24) is 5.32 Å². The highest BCUT2D eigenvalue weighted by atomic mass is 35.5. The smallest absolute Gasteiger partial charge is 0.319 e. The molecule has 0 saturated heterocycles. The zero-order valence-electron chi connectivity index (χ0n) is 13.3. The second-order valence-electron chi connectivity index (χ2n) is 5.44. The van der Waals surface area contributed by atoms with Gasteiger partial charge in [-0.25, -0.2) is 4.79 Å². The molecule has 22 heavy (non-hydrogen) atoms. The minimum absolute atomic E-state index is 0. The van der Waals surface area contributed by atoms with Crippen molar-refractivity contribution in [3.63, 3.8) is 0 Å². The quantitative estimate of drug-likeness (QED) is 0.668. The molecule has 124 valence electrons. The first-order chi connectivity index (χ1) is 9.81. The lowest BCUT2D eigenvalue weighted by molar-refractivity contribution is -0.119. The fourth-order valence-electron chi connectivity index (χ4n) is 1.61. The van der Waals surface area contributed by atoms with E-state index in [-0.39, 0.29) is 42.3 Å². The second-order valence-corrected chi connectivity index (χ2v) is 5.44. The van der Waals surface area contributed by atoms with E-state index in [0.717, 1.165) is 0 Å². The topological polar surface area (TPSA) is 96.2 Å². The highest BCUT2D eigenvalue weighted by Crippen LogP contribution is 2.21. The van der Waals surface area contributed by atoms with Gasteiger partial charge in [-0.1, -0.05) is 19.1 Å². The molecule has 1 aromatic carbocycles. The predicted octanol–water partition coefficient (Wildman–Crippen LogP) is 2.56. The fourth-order valence-corrected chi connectivity index (χ4v) is 1.61. The van der Waals surface area contributed by atoms with Crippen LogP contribution in [0, 0.1) is 5.92 Å². The van der Waals surface area contributed by atoms with Gasteiger partial charge in [0.2, 0.25) is 5.91 Å². The Morgan fingerprint density at radius 1 is 1.00 bits per heavy atom. The second kappa shape index (κ2) is 9.27. The van der Waals surface area contributed by atoms with E-state index in [2.05, 4.69) is 16.0 Å². The van der Waals surface area contributed by atoms with Crippen molar-refractivity contribution in [1.29, 1.82) is 0 Å². The zero-order valence-corrected chi connectivity index (χ0v) is 14.2. The standard InChI is InChI=1S/C15H24N4O2.ClH/c1-9(2)17-15(21)19-13-8-6-5-7-12(13)18-14(20)10(3)11(4)16;/h5-11H,16H2,1-4H3,(H,18,20)(H2,17,19,21);1H. The number of carbonyl (C=O) groups is 2. The van der Waals surface area contributed by atoms with Crippen molar-refractivity contribution >= 4 is 35.7 Å². The van der Waals surface area contributed by atoms with Gasteiger partial charge in [-0.2, -0.15) is 0 Å². The first kappa shape index (κ1) is 20.2. The van der Waals surface area contributed by atoms with E-state index < -0.39 is 0 Å². The Morgan fingerprint density at radius 3 is 1.95 bits per heavy atom. The maximum atomic E-state index is 12.1. The maximum absolute atomic E-state index is 12.1. The summed E-state index contributed by atoms with van der Waals surface area (Å²) >= 11 is 0. The molecule has 1 aromatic rings. The minimum Gasteiger partial charge on any atom is -0.336 e. The molecule has 0 bridgehead atoms. The van der Waals surface area contributed by atoms with Crippen molar-refractivity contribution in [2.75, 3.05) is 10.6 Å². The molecule has 2 atom stereocenters. The Labute approximate surface area is 137 Å². The van der Waals surface area contributed by atoms with Crippen LogP contribution in [0.1, 0.15) is 27.7 Å². The third-order valence-electron chi connectivity index (χ3n) is 3.06. The Morgan fingerprint density at radius 2 is 1.50 bits per heavy atom. The molecule has 0 saturated carbocycles. The number of nitrogens with one attached hydrogen (secondary N) is 3. The van der Waals surface area contributed by atoms with E-state index in [1.807, 2.05) is 13.8 Å². The minimum atomic E-state index is -0.317. The summed E-state index contributed by atoms with van der Waals surface area (Å²) in [7, 11) is 0. The van der Waals surface area contributed by atoms with Crippen LogP contribution in [0.4, 0.5) is 16.2 Å². The molecule has 0 aromatic heterocycles. The Kier molecular flexibility index (Phi) is 8.52. The lowest BCUT2D eigenvalue weighted by Crippen LogP contribution is -2.36. The number of anilines is 2. The van der Waals surface area contributed by atoms with Crippen molar-refractivity contribution in [2.24, 2.45) is 11.7 Å². The Hall–Kier alpha value is -1.79. The van der Waals surface area contributed by atoms with Gasteiger partial charge < -0.3 is 21.7 Å². The number of carbonyl (C=O) groups excluding carboxylic acids is 2. The van der Waals surface area contributed by atoms with Crippen LogP contribution in [0.25, 0.3) is 0 Å². The van der Waals surface area contributed by atoms with E-state index in [4.69, 9.17) is 5.73 Å². The number of hydrogen-bond acceptors (Lipinski definition) is 3. The number of rotatable bonds is 5. The third-order valence-corrected chi connectivity index (χ3v) is 3.06.